The molecular weight excluding hydrogens is 475 g/mol. The Kier molecular flexibility index (Phi) is 8.90. The van der Waals surface area contributed by atoms with Crippen LogP contribution >= 0.6 is 24.0 Å². The third kappa shape index (κ3) is 6.00. The largest absolute Gasteiger partial charge is 0.493 e. The summed E-state index contributed by atoms with van der Waals surface area (Å²) in [5.74, 6) is 3.39. The monoisotopic (exact) mass is 512 g/mol. The number of aliphatic imine (C=N–C) groups is 1. The van der Waals surface area contributed by atoms with Gasteiger partial charge in [0.15, 0.2) is 5.96 Å². The quantitative estimate of drug-likeness (QED) is 0.369. The summed E-state index contributed by atoms with van der Waals surface area (Å²) in [5.41, 5.74) is 1.32. The Bertz CT molecular complexity index is 662. The van der Waals surface area contributed by atoms with Crippen LogP contribution in [0.25, 0.3) is 0 Å². The normalized spacial score (nSPS) is 25.1. The lowest BCUT2D eigenvalue weighted by Gasteiger charge is -2.29. The Morgan fingerprint density at radius 1 is 1.14 bits per heavy atom. The highest BCUT2D eigenvalue weighted by atomic mass is 127. The standard InChI is InChI=1S/C23H36N4O.HI/c1-2-24-23(25-16-20-11-15-28-22-9-5-4-8-21(20)22)27-14-10-19(18-27)17-26-12-6-3-7-13-26;/h4-5,8-9,19-20H,2-3,6-7,10-18H2,1H3,(H,24,25);1H. The molecular formula is C23H37IN4O. The zero-order valence-electron chi connectivity index (χ0n) is 17.8. The van der Waals surface area contributed by atoms with Crippen molar-refractivity contribution in [1.29, 1.82) is 0 Å². The Labute approximate surface area is 193 Å². The van der Waals surface area contributed by atoms with Gasteiger partial charge in [0.05, 0.1) is 6.61 Å². The van der Waals surface area contributed by atoms with Crippen LogP contribution in [0.1, 0.15) is 50.5 Å². The summed E-state index contributed by atoms with van der Waals surface area (Å²) in [6.07, 6.45) is 6.53. The number of likely N-dealkylation sites (tertiary alicyclic amines) is 2. The molecule has 2 fully saturated rings. The Balaban J connectivity index is 0.00000240. The fraction of sp³-hybridized carbons (Fsp3) is 0.696. The van der Waals surface area contributed by atoms with E-state index in [0.29, 0.717) is 5.92 Å². The molecule has 1 aromatic rings. The topological polar surface area (TPSA) is 40.1 Å². The summed E-state index contributed by atoms with van der Waals surface area (Å²) in [6, 6.07) is 8.45. The first kappa shape index (κ1) is 22.7. The molecule has 2 unspecified atom stereocenters. The number of hydrogen-bond acceptors (Lipinski definition) is 3. The number of benzene rings is 1. The molecule has 2 saturated heterocycles. The van der Waals surface area contributed by atoms with Gasteiger partial charge >= 0.3 is 0 Å². The van der Waals surface area contributed by atoms with Crippen LogP contribution in [0, 0.1) is 5.92 Å². The zero-order chi connectivity index (χ0) is 19.2. The highest BCUT2D eigenvalue weighted by molar-refractivity contribution is 14.0. The van der Waals surface area contributed by atoms with Crippen molar-refractivity contribution in [3.8, 4) is 5.75 Å². The van der Waals surface area contributed by atoms with Gasteiger partial charge in [0.1, 0.15) is 5.75 Å². The second-order valence-corrected chi connectivity index (χ2v) is 8.53. The SMILES string of the molecule is CCNC(=NCC1CCOc2ccccc21)N1CCC(CN2CCCCC2)C1.I. The number of piperidine rings is 1. The number of guanidine groups is 1. The van der Waals surface area contributed by atoms with Crippen LogP contribution in [0.15, 0.2) is 29.3 Å². The van der Waals surface area contributed by atoms with E-state index in [4.69, 9.17) is 9.73 Å². The van der Waals surface area contributed by atoms with Crippen LogP contribution in [0.5, 0.6) is 5.75 Å². The predicted molar refractivity (Wildman–Crippen MR) is 131 cm³/mol. The summed E-state index contributed by atoms with van der Waals surface area (Å²) in [6.45, 7) is 10.9. The van der Waals surface area contributed by atoms with Crippen molar-refractivity contribution in [2.75, 3.05) is 52.4 Å². The average Bonchev–Trinajstić information content (AvgIpc) is 3.20. The highest BCUT2D eigenvalue weighted by Gasteiger charge is 2.27. The fourth-order valence-electron chi connectivity index (χ4n) is 4.91. The maximum atomic E-state index is 5.81. The van der Waals surface area contributed by atoms with E-state index < -0.39 is 0 Å². The van der Waals surface area contributed by atoms with Gasteiger partial charge in [-0.15, -0.1) is 24.0 Å². The van der Waals surface area contributed by atoms with Gasteiger partial charge in [-0.1, -0.05) is 24.6 Å². The fourth-order valence-corrected chi connectivity index (χ4v) is 4.91. The molecule has 0 amide bonds. The summed E-state index contributed by atoms with van der Waals surface area (Å²) < 4.78 is 5.81. The molecule has 0 radical (unpaired) electrons. The molecule has 3 heterocycles. The molecule has 3 aliphatic heterocycles. The van der Waals surface area contributed by atoms with E-state index in [-0.39, 0.29) is 24.0 Å². The summed E-state index contributed by atoms with van der Waals surface area (Å²) in [5, 5.41) is 3.54. The van der Waals surface area contributed by atoms with E-state index in [1.807, 2.05) is 0 Å². The number of rotatable bonds is 5. The molecule has 0 aliphatic carbocycles. The molecule has 5 nitrogen and oxygen atoms in total. The molecule has 0 spiro atoms. The Hall–Kier alpha value is -1.02. The van der Waals surface area contributed by atoms with Gasteiger partial charge < -0.3 is 19.9 Å². The van der Waals surface area contributed by atoms with Crippen molar-refractivity contribution in [3.05, 3.63) is 29.8 Å². The number of hydrogen-bond donors (Lipinski definition) is 1. The van der Waals surface area contributed by atoms with Crippen molar-refractivity contribution in [2.45, 2.75) is 44.9 Å². The van der Waals surface area contributed by atoms with Gasteiger partial charge in [-0.2, -0.15) is 0 Å². The average molecular weight is 512 g/mol. The third-order valence-corrected chi connectivity index (χ3v) is 6.43. The first-order valence-electron chi connectivity index (χ1n) is 11.3. The molecule has 1 N–H and O–H groups in total. The minimum absolute atomic E-state index is 0. The van der Waals surface area contributed by atoms with Crippen LogP contribution < -0.4 is 10.1 Å². The molecule has 0 saturated carbocycles. The van der Waals surface area contributed by atoms with E-state index in [1.54, 1.807) is 0 Å². The van der Waals surface area contributed by atoms with E-state index in [0.717, 1.165) is 56.8 Å². The predicted octanol–water partition coefficient (Wildman–Crippen LogP) is 3.94. The lowest BCUT2D eigenvalue weighted by molar-refractivity contribution is 0.198. The van der Waals surface area contributed by atoms with Gasteiger partial charge in [0.2, 0.25) is 0 Å². The molecule has 2 atom stereocenters. The van der Waals surface area contributed by atoms with Crippen molar-refractivity contribution in [3.63, 3.8) is 0 Å². The summed E-state index contributed by atoms with van der Waals surface area (Å²) in [7, 11) is 0. The van der Waals surface area contributed by atoms with Crippen molar-refractivity contribution in [1.82, 2.24) is 15.1 Å². The summed E-state index contributed by atoms with van der Waals surface area (Å²) in [4.78, 5) is 10.2. The third-order valence-electron chi connectivity index (χ3n) is 6.43. The first-order chi connectivity index (χ1) is 13.8. The molecule has 0 bridgehead atoms. The number of fused-ring (bicyclic) bond motifs is 1. The van der Waals surface area contributed by atoms with Crippen molar-refractivity contribution >= 4 is 29.9 Å². The Morgan fingerprint density at radius 3 is 2.79 bits per heavy atom. The molecule has 29 heavy (non-hydrogen) atoms. The molecule has 162 valence electrons. The van der Waals surface area contributed by atoms with Crippen LogP contribution in [0.3, 0.4) is 0 Å². The second kappa shape index (κ2) is 11.4. The Morgan fingerprint density at radius 2 is 1.97 bits per heavy atom. The minimum Gasteiger partial charge on any atom is -0.493 e. The van der Waals surface area contributed by atoms with Crippen LogP contribution in [0.2, 0.25) is 0 Å². The van der Waals surface area contributed by atoms with Crippen LogP contribution in [-0.4, -0.2) is 68.2 Å². The van der Waals surface area contributed by atoms with E-state index in [1.165, 1.54) is 50.9 Å². The van der Waals surface area contributed by atoms with Crippen molar-refractivity contribution in [2.24, 2.45) is 10.9 Å². The molecule has 1 aromatic carbocycles. The van der Waals surface area contributed by atoms with Gasteiger partial charge in [0, 0.05) is 38.6 Å². The van der Waals surface area contributed by atoms with Gasteiger partial charge in [-0.05, 0) is 63.2 Å². The van der Waals surface area contributed by atoms with Gasteiger partial charge in [-0.25, -0.2) is 0 Å². The molecule has 3 aliphatic rings. The number of nitrogens with one attached hydrogen (secondary N) is 1. The maximum absolute atomic E-state index is 5.81. The van der Waals surface area contributed by atoms with Gasteiger partial charge in [0.25, 0.3) is 0 Å². The minimum atomic E-state index is 0. The lowest BCUT2D eigenvalue weighted by Crippen LogP contribution is -2.41. The first-order valence-corrected chi connectivity index (χ1v) is 11.3. The van der Waals surface area contributed by atoms with Gasteiger partial charge in [-0.3, -0.25) is 4.99 Å². The number of nitrogens with zero attached hydrogens (tertiary/aromatic N) is 3. The van der Waals surface area contributed by atoms with E-state index >= 15 is 0 Å². The highest BCUT2D eigenvalue weighted by Crippen LogP contribution is 2.33. The second-order valence-electron chi connectivity index (χ2n) is 8.53. The lowest BCUT2D eigenvalue weighted by atomic mass is 9.93. The molecule has 0 aromatic heterocycles. The number of ether oxygens (including phenoxy) is 1. The van der Waals surface area contributed by atoms with Crippen LogP contribution in [0.4, 0.5) is 0 Å². The zero-order valence-corrected chi connectivity index (χ0v) is 20.1. The smallest absolute Gasteiger partial charge is 0.193 e. The summed E-state index contributed by atoms with van der Waals surface area (Å²) >= 11 is 0. The maximum Gasteiger partial charge on any atom is 0.193 e. The van der Waals surface area contributed by atoms with Crippen LogP contribution in [-0.2, 0) is 0 Å². The number of halogens is 1. The van der Waals surface area contributed by atoms with Crippen molar-refractivity contribution < 1.29 is 4.74 Å². The molecule has 4 rings (SSSR count). The van der Waals surface area contributed by atoms with E-state index in [9.17, 15) is 0 Å². The molecule has 6 heteroatoms. The van der Waals surface area contributed by atoms with E-state index in [2.05, 4.69) is 46.3 Å². The number of para-hydroxylation sites is 1.